The molecule has 7 nitrogen and oxygen atoms in total. The van der Waals surface area contributed by atoms with Crippen molar-refractivity contribution >= 4 is 25.6 Å². The van der Waals surface area contributed by atoms with Gasteiger partial charge in [0.1, 0.15) is 11.9 Å². The minimum absolute atomic E-state index is 0.266. The number of phenolic OH excluding ortho intramolecular Hbond substituents is 1. The van der Waals surface area contributed by atoms with Gasteiger partial charge >= 0.3 is 17.0 Å². The lowest BCUT2D eigenvalue weighted by molar-refractivity contribution is -0.0476. The van der Waals surface area contributed by atoms with Crippen LogP contribution >= 0.6 is 0 Å². The first-order chi connectivity index (χ1) is 12.4. The third-order valence-corrected chi connectivity index (χ3v) is 7.85. The molecule has 0 aliphatic heterocycles. The number of aromatic hydroxyl groups is 1. The van der Waals surface area contributed by atoms with Gasteiger partial charge in [0, 0.05) is 6.42 Å². The largest absolute Gasteiger partial charge is 0.508 e. The summed E-state index contributed by atoms with van der Waals surface area (Å²) in [6.07, 6.45) is -3.77. The smallest absolute Gasteiger partial charge is 0.498 e. The maximum atomic E-state index is 12.7. The normalized spacial score (nSPS) is 14.7. The maximum Gasteiger partial charge on any atom is 0.498 e. The number of hydrogen-bond acceptors (Lipinski definition) is 7. The average molecular weight is 458 g/mol. The lowest BCUT2D eigenvalue weighted by atomic mass is 10.2. The van der Waals surface area contributed by atoms with Crippen molar-refractivity contribution in [3.05, 3.63) is 29.8 Å². The van der Waals surface area contributed by atoms with E-state index in [1.807, 2.05) is 0 Å². The van der Waals surface area contributed by atoms with Crippen molar-refractivity contribution in [1.29, 1.82) is 0 Å². The van der Waals surface area contributed by atoms with E-state index in [9.17, 15) is 48.0 Å². The molecule has 0 aliphatic carbocycles. The molecule has 0 amide bonds. The van der Waals surface area contributed by atoms with E-state index in [0.29, 0.717) is 0 Å². The highest BCUT2D eigenvalue weighted by Gasteiger charge is 2.63. The molecule has 1 aromatic carbocycles. The number of rotatable bonds is 6. The van der Waals surface area contributed by atoms with Crippen LogP contribution in [0.3, 0.4) is 0 Å². The molecule has 0 fully saturated rings. The maximum absolute atomic E-state index is 12.7. The van der Waals surface area contributed by atoms with Crippen LogP contribution in [-0.4, -0.2) is 49.6 Å². The highest BCUT2D eigenvalue weighted by Crippen LogP contribution is 2.38. The summed E-state index contributed by atoms with van der Waals surface area (Å²) >= 11 is 0. The van der Waals surface area contributed by atoms with Gasteiger partial charge in [0.25, 0.3) is 19.7 Å². The van der Waals surface area contributed by atoms with Gasteiger partial charge in [0.05, 0.1) is 5.56 Å². The monoisotopic (exact) mass is 458 g/mol. The van der Waals surface area contributed by atoms with Gasteiger partial charge in [-0.25, -0.2) is 21.6 Å². The van der Waals surface area contributed by atoms with Gasteiger partial charge in [-0.05, 0) is 31.2 Å². The Kier molecular flexibility index (Phi) is 6.66. The van der Waals surface area contributed by atoms with Crippen molar-refractivity contribution in [1.82, 2.24) is 0 Å². The lowest BCUT2D eigenvalue weighted by Crippen LogP contribution is -2.46. The summed E-state index contributed by atoms with van der Waals surface area (Å²) in [6, 6.07) is 4.04. The quantitative estimate of drug-likeness (QED) is 0.515. The SMILES string of the molecule is CC(CC(S(=O)(=O)C(F)(F)F)S(=O)(=O)C(F)(F)F)OC(=O)c1ccc(O)cc1. The summed E-state index contributed by atoms with van der Waals surface area (Å²) in [4.78, 5) is 11.8. The summed E-state index contributed by atoms with van der Waals surface area (Å²) < 4.78 is 122. The van der Waals surface area contributed by atoms with E-state index in [1.165, 1.54) is 0 Å². The molecule has 15 heteroatoms. The van der Waals surface area contributed by atoms with E-state index in [1.54, 1.807) is 0 Å². The number of carbonyl (C=O) groups is 1. The van der Waals surface area contributed by atoms with Gasteiger partial charge < -0.3 is 9.84 Å². The number of benzene rings is 1. The Morgan fingerprint density at radius 2 is 1.36 bits per heavy atom. The fourth-order valence-corrected chi connectivity index (χ4v) is 5.52. The van der Waals surface area contributed by atoms with Crippen molar-refractivity contribution in [2.24, 2.45) is 0 Å². The molecule has 1 atom stereocenters. The Balaban J connectivity index is 3.20. The van der Waals surface area contributed by atoms with E-state index in [0.717, 1.165) is 31.2 Å². The van der Waals surface area contributed by atoms with Crippen molar-refractivity contribution in [2.45, 2.75) is 35.0 Å². The predicted molar refractivity (Wildman–Crippen MR) is 81.3 cm³/mol. The van der Waals surface area contributed by atoms with Crippen LogP contribution in [0.25, 0.3) is 0 Å². The van der Waals surface area contributed by atoms with Crippen LogP contribution in [0.1, 0.15) is 23.7 Å². The van der Waals surface area contributed by atoms with Crippen LogP contribution in [-0.2, 0) is 24.4 Å². The molecular formula is C13H12F6O7S2. The summed E-state index contributed by atoms with van der Waals surface area (Å²) in [6.45, 7) is 0.725. The van der Waals surface area contributed by atoms with Crippen LogP contribution in [0, 0.1) is 0 Å². The molecule has 0 bridgehead atoms. The van der Waals surface area contributed by atoms with Crippen molar-refractivity contribution < 1.29 is 57.8 Å². The van der Waals surface area contributed by atoms with E-state index in [-0.39, 0.29) is 11.3 Å². The van der Waals surface area contributed by atoms with Gasteiger partial charge in [-0.2, -0.15) is 26.3 Å². The molecule has 0 radical (unpaired) electrons. The van der Waals surface area contributed by atoms with Crippen LogP contribution in [0.15, 0.2) is 24.3 Å². The third-order valence-electron chi connectivity index (χ3n) is 3.27. The topological polar surface area (TPSA) is 115 Å². The number of phenols is 1. The Bertz CT molecular complexity index is 874. The zero-order valence-corrected chi connectivity index (χ0v) is 15.3. The zero-order valence-electron chi connectivity index (χ0n) is 13.7. The fraction of sp³-hybridized carbons (Fsp3) is 0.462. The number of ether oxygens (including phenoxy) is 1. The molecular weight excluding hydrogens is 446 g/mol. The summed E-state index contributed by atoms with van der Waals surface area (Å²) in [5, 5.41) is 9.07. The van der Waals surface area contributed by atoms with E-state index < -0.39 is 53.8 Å². The number of hydrogen-bond donors (Lipinski definition) is 1. The number of alkyl halides is 6. The zero-order chi connectivity index (χ0) is 22.1. The minimum atomic E-state index is -6.81. The van der Waals surface area contributed by atoms with E-state index in [4.69, 9.17) is 5.11 Å². The Labute approximate surface area is 154 Å². The molecule has 0 saturated heterocycles. The molecule has 1 unspecified atom stereocenters. The highest BCUT2D eigenvalue weighted by molar-refractivity contribution is 8.09. The molecule has 0 aliphatic rings. The minimum Gasteiger partial charge on any atom is -0.508 e. The number of sulfone groups is 2. The molecule has 1 rings (SSSR count). The Morgan fingerprint density at radius 1 is 0.964 bits per heavy atom. The van der Waals surface area contributed by atoms with Gasteiger partial charge in [0.2, 0.25) is 0 Å². The van der Waals surface area contributed by atoms with Crippen LogP contribution in [0.5, 0.6) is 5.75 Å². The van der Waals surface area contributed by atoms with Crippen molar-refractivity contribution in [3.63, 3.8) is 0 Å². The Hall–Kier alpha value is -2.03. The first kappa shape index (κ1) is 24.0. The predicted octanol–water partition coefficient (Wildman–Crippen LogP) is 2.52. The third kappa shape index (κ3) is 5.06. The van der Waals surface area contributed by atoms with Crippen LogP contribution in [0.2, 0.25) is 0 Å². The standard InChI is InChI=1S/C13H12F6O7S2/c1-7(26-11(21)8-2-4-9(20)5-3-8)6-10(27(22,23)12(14,15)16)28(24,25)13(17,18)19/h2-5,7,10,20H,6H2,1H3. The van der Waals surface area contributed by atoms with Crippen LogP contribution in [0.4, 0.5) is 26.3 Å². The lowest BCUT2D eigenvalue weighted by Gasteiger charge is -2.23. The first-order valence-electron chi connectivity index (χ1n) is 7.01. The van der Waals surface area contributed by atoms with E-state index >= 15 is 0 Å². The van der Waals surface area contributed by atoms with E-state index in [2.05, 4.69) is 4.74 Å². The second kappa shape index (κ2) is 7.77. The summed E-state index contributed by atoms with van der Waals surface area (Å²) in [5.74, 6) is -1.56. The van der Waals surface area contributed by atoms with Gasteiger partial charge in [-0.15, -0.1) is 0 Å². The molecule has 0 spiro atoms. The number of halogens is 6. The van der Waals surface area contributed by atoms with Gasteiger partial charge in [0.15, 0.2) is 4.58 Å². The second-order valence-electron chi connectivity index (χ2n) is 5.41. The molecule has 160 valence electrons. The number of carbonyl (C=O) groups excluding carboxylic acids is 1. The summed E-state index contributed by atoms with van der Waals surface area (Å²) in [5.41, 5.74) is -12.9. The molecule has 28 heavy (non-hydrogen) atoms. The molecule has 1 N–H and O–H groups in total. The highest BCUT2D eigenvalue weighted by atomic mass is 32.3. The molecule has 0 saturated carbocycles. The van der Waals surface area contributed by atoms with Crippen molar-refractivity contribution in [3.8, 4) is 5.75 Å². The van der Waals surface area contributed by atoms with Gasteiger partial charge in [-0.3, -0.25) is 0 Å². The van der Waals surface area contributed by atoms with Crippen LogP contribution < -0.4 is 0 Å². The second-order valence-corrected chi connectivity index (χ2v) is 9.95. The summed E-state index contributed by atoms with van der Waals surface area (Å²) in [7, 11) is -13.6. The molecule has 0 heterocycles. The molecule has 0 aromatic heterocycles. The molecule has 1 aromatic rings. The first-order valence-corrected chi connectivity index (χ1v) is 10.1. The number of esters is 1. The fourth-order valence-electron chi connectivity index (χ4n) is 1.89. The Morgan fingerprint density at radius 3 is 1.71 bits per heavy atom. The van der Waals surface area contributed by atoms with Crippen molar-refractivity contribution in [2.75, 3.05) is 0 Å². The average Bonchev–Trinajstić information content (AvgIpc) is 2.50. The van der Waals surface area contributed by atoms with Gasteiger partial charge in [-0.1, -0.05) is 0 Å².